The fourth-order valence-electron chi connectivity index (χ4n) is 2.61. The number of nitrogens with zero attached hydrogens (tertiary/aromatic N) is 1. The van der Waals surface area contributed by atoms with Gasteiger partial charge in [0.05, 0.1) is 4.90 Å². The van der Waals surface area contributed by atoms with Crippen LogP contribution in [0.4, 0.5) is 0 Å². The van der Waals surface area contributed by atoms with Crippen LogP contribution < -0.4 is 10.1 Å². The smallest absolute Gasteiger partial charge is 0.258 e. The number of para-hydroxylation sites is 1. The summed E-state index contributed by atoms with van der Waals surface area (Å²) in [6, 6.07) is 14.1. The van der Waals surface area contributed by atoms with Gasteiger partial charge < -0.3 is 10.1 Å². The highest BCUT2D eigenvalue weighted by Gasteiger charge is 2.21. The highest BCUT2D eigenvalue weighted by molar-refractivity contribution is 7.89. The van der Waals surface area contributed by atoms with Gasteiger partial charge in [-0.15, -0.1) is 0 Å². The Balaban J connectivity index is 1.89. The average molecular weight is 391 g/mol. The van der Waals surface area contributed by atoms with Crippen LogP contribution in [-0.2, 0) is 21.4 Å². The van der Waals surface area contributed by atoms with E-state index in [0.717, 1.165) is 11.1 Å². The molecule has 1 amide bonds. The van der Waals surface area contributed by atoms with Crippen molar-refractivity contribution in [2.75, 3.05) is 19.7 Å². The number of hydrogen-bond donors (Lipinski definition) is 1. The molecule has 0 atom stereocenters. The van der Waals surface area contributed by atoms with Crippen molar-refractivity contribution in [3.63, 3.8) is 0 Å². The van der Waals surface area contributed by atoms with Gasteiger partial charge in [0, 0.05) is 19.6 Å². The molecule has 0 unspecified atom stereocenters. The van der Waals surface area contributed by atoms with Crippen molar-refractivity contribution in [1.29, 1.82) is 0 Å². The summed E-state index contributed by atoms with van der Waals surface area (Å²) in [5.41, 5.74) is 1.79. The van der Waals surface area contributed by atoms with Gasteiger partial charge in [-0.3, -0.25) is 4.79 Å². The molecule has 0 fully saturated rings. The van der Waals surface area contributed by atoms with Crippen molar-refractivity contribution in [1.82, 2.24) is 9.62 Å². The lowest BCUT2D eigenvalue weighted by atomic mass is 10.2. The molecule has 0 spiro atoms. The highest BCUT2D eigenvalue weighted by Crippen LogP contribution is 2.17. The first kappa shape index (κ1) is 20.9. The molecule has 2 aromatic rings. The lowest BCUT2D eigenvalue weighted by molar-refractivity contribution is -0.123. The molecule has 0 radical (unpaired) electrons. The van der Waals surface area contributed by atoms with Crippen LogP contribution in [0.25, 0.3) is 0 Å². The third-order valence-electron chi connectivity index (χ3n) is 4.21. The van der Waals surface area contributed by atoms with Gasteiger partial charge in [0.25, 0.3) is 5.91 Å². The van der Waals surface area contributed by atoms with Crippen molar-refractivity contribution in [2.45, 2.75) is 32.2 Å². The molecule has 0 saturated carbocycles. The maximum absolute atomic E-state index is 12.5. The number of aryl methyl sites for hydroxylation is 1. The molecule has 27 heavy (non-hydrogen) atoms. The first-order valence-corrected chi connectivity index (χ1v) is 10.4. The highest BCUT2D eigenvalue weighted by atomic mass is 32.2. The quantitative estimate of drug-likeness (QED) is 0.714. The minimum absolute atomic E-state index is 0.0702. The molecule has 1 N–H and O–H groups in total. The summed E-state index contributed by atoms with van der Waals surface area (Å²) in [7, 11) is -3.47. The number of rotatable bonds is 9. The molecule has 0 heterocycles. The predicted molar refractivity (Wildman–Crippen MR) is 105 cm³/mol. The van der Waals surface area contributed by atoms with E-state index in [1.165, 1.54) is 4.31 Å². The molecule has 0 aromatic heterocycles. The Morgan fingerprint density at radius 2 is 1.67 bits per heavy atom. The minimum atomic E-state index is -3.47. The third kappa shape index (κ3) is 5.55. The number of sulfonamides is 1. The van der Waals surface area contributed by atoms with Gasteiger partial charge in [-0.2, -0.15) is 4.31 Å². The van der Waals surface area contributed by atoms with Gasteiger partial charge in [0.2, 0.25) is 10.0 Å². The summed E-state index contributed by atoms with van der Waals surface area (Å²) >= 11 is 0. The maximum Gasteiger partial charge on any atom is 0.258 e. The van der Waals surface area contributed by atoms with Gasteiger partial charge in [-0.1, -0.05) is 44.2 Å². The summed E-state index contributed by atoms with van der Waals surface area (Å²) in [5.74, 6) is 0.441. The van der Waals surface area contributed by atoms with E-state index in [1.54, 1.807) is 24.3 Å². The summed E-state index contributed by atoms with van der Waals surface area (Å²) < 4.78 is 31.8. The molecule has 2 aromatic carbocycles. The Morgan fingerprint density at radius 3 is 2.26 bits per heavy atom. The van der Waals surface area contributed by atoms with E-state index in [9.17, 15) is 13.2 Å². The van der Waals surface area contributed by atoms with Crippen LogP contribution in [0.2, 0.25) is 0 Å². The Bertz CT molecular complexity index is 860. The number of amides is 1. The summed E-state index contributed by atoms with van der Waals surface area (Å²) in [6.07, 6.45) is 0. The second-order valence-electron chi connectivity index (χ2n) is 6.06. The van der Waals surface area contributed by atoms with Crippen LogP contribution in [0.5, 0.6) is 5.75 Å². The number of hydrogen-bond acceptors (Lipinski definition) is 4. The fraction of sp³-hybridized carbons (Fsp3) is 0.350. The molecule has 146 valence electrons. The summed E-state index contributed by atoms with van der Waals surface area (Å²) in [4.78, 5) is 12.2. The molecule has 6 nitrogen and oxygen atoms in total. The van der Waals surface area contributed by atoms with E-state index in [-0.39, 0.29) is 17.4 Å². The van der Waals surface area contributed by atoms with Crippen molar-refractivity contribution < 1.29 is 17.9 Å². The normalized spacial score (nSPS) is 11.4. The Hall–Kier alpha value is -2.38. The predicted octanol–water partition coefficient (Wildman–Crippen LogP) is 2.72. The largest absolute Gasteiger partial charge is 0.484 e. The minimum Gasteiger partial charge on any atom is -0.484 e. The molecule has 0 bridgehead atoms. The zero-order valence-corrected chi connectivity index (χ0v) is 16.8. The maximum atomic E-state index is 12.5. The van der Waals surface area contributed by atoms with Crippen molar-refractivity contribution >= 4 is 15.9 Å². The standard InChI is InChI=1S/C20H26N2O4S/c1-4-22(5-2)27(24,25)18-12-10-17(11-13-18)14-21-20(23)15-26-19-9-7-6-8-16(19)3/h6-13H,4-5,14-15H2,1-3H3,(H,21,23). The van der Waals surface area contributed by atoms with Gasteiger partial charge in [0.15, 0.2) is 6.61 Å². The molecule has 0 aliphatic carbocycles. The average Bonchev–Trinajstić information content (AvgIpc) is 2.67. The number of ether oxygens (including phenoxy) is 1. The van der Waals surface area contributed by atoms with E-state index in [1.807, 2.05) is 45.0 Å². The SMILES string of the molecule is CCN(CC)S(=O)(=O)c1ccc(CNC(=O)COc2ccccc2C)cc1. The van der Waals surface area contributed by atoms with Crippen LogP contribution in [0.3, 0.4) is 0 Å². The number of carbonyl (C=O) groups excluding carboxylic acids is 1. The molecule has 0 saturated heterocycles. The van der Waals surface area contributed by atoms with Gasteiger partial charge >= 0.3 is 0 Å². The van der Waals surface area contributed by atoms with Gasteiger partial charge in [-0.25, -0.2) is 8.42 Å². The Labute approximate surface area is 161 Å². The first-order chi connectivity index (χ1) is 12.9. The van der Waals surface area contributed by atoms with Crippen molar-refractivity contribution in [2.24, 2.45) is 0 Å². The number of carbonyl (C=O) groups is 1. The second kappa shape index (κ2) is 9.53. The fourth-order valence-corrected chi connectivity index (χ4v) is 4.06. The van der Waals surface area contributed by atoms with E-state index >= 15 is 0 Å². The van der Waals surface area contributed by atoms with Gasteiger partial charge in [-0.05, 0) is 36.2 Å². The van der Waals surface area contributed by atoms with Crippen molar-refractivity contribution in [3.05, 3.63) is 59.7 Å². The van der Waals surface area contributed by atoms with Gasteiger partial charge in [0.1, 0.15) is 5.75 Å². The van der Waals surface area contributed by atoms with Crippen LogP contribution >= 0.6 is 0 Å². The zero-order valence-electron chi connectivity index (χ0n) is 15.9. The lowest BCUT2D eigenvalue weighted by Gasteiger charge is -2.18. The van der Waals surface area contributed by atoms with E-state index in [2.05, 4.69) is 5.32 Å². The summed E-state index contributed by atoms with van der Waals surface area (Å²) in [6.45, 7) is 6.63. The second-order valence-corrected chi connectivity index (χ2v) is 8.00. The Morgan fingerprint density at radius 1 is 1.04 bits per heavy atom. The van der Waals surface area contributed by atoms with Crippen molar-refractivity contribution in [3.8, 4) is 5.75 Å². The van der Waals surface area contributed by atoms with E-state index in [0.29, 0.717) is 25.4 Å². The molecule has 0 aliphatic heterocycles. The monoisotopic (exact) mass is 390 g/mol. The Kier molecular flexibility index (Phi) is 7.38. The lowest BCUT2D eigenvalue weighted by Crippen LogP contribution is -2.30. The molecule has 7 heteroatoms. The van der Waals surface area contributed by atoms with E-state index in [4.69, 9.17) is 4.74 Å². The van der Waals surface area contributed by atoms with E-state index < -0.39 is 10.0 Å². The van der Waals surface area contributed by atoms with Crippen LogP contribution in [0.15, 0.2) is 53.4 Å². The molecule has 0 aliphatic rings. The molecular weight excluding hydrogens is 364 g/mol. The molecular formula is C20H26N2O4S. The van der Waals surface area contributed by atoms with Crippen LogP contribution in [0, 0.1) is 6.92 Å². The number of nitrogens with one attached hydrogen (secondary N) is 1. The number of benzene rings is 2. The topological polar surface area (TPSA) is 75.7 Å². The molecule has 2 rings (SSSR count). The van der Waals surface area contributed by atoms with Crippen LogP contribution in [0.1, 0.15) is 25.0 Å². The van der Waals surface area contributed by atoms with Crippen LogP contribution in [-0.4, -0.2) is 38.3 Å². The zero-order chi connectivity index (χ0) is 19.9. The third-order valence-corrected chi connectivity index (χ3v) is 6.27. The first-order valence-electron chi connectivity index (χ1n) is 8.92. The summed E-state index contributed by atoms with van der Waals surface area (Å²) in [5, 5.41) is 2.77.